The van der Waals surface area contributed by atoms with E-state index in [1.165, 1.54) is 0 Å². The lowest BCUT2D eigenvalue weighted by Gasteiger charge is -2.12. The van der Waals surface area contributed by atoms with Gasteiger partial charge in [-0.25, -0.2) is 0 Å². The van der Waals surface area contributed by atoms with Crippen LogP contribution in [0.25, 0.3) is 0 Å². The van der Waals surface area contributed by atoms with Crippen LogP contribution in [-0.2, 0) is 9.63 Å². The molecule has 0 aromatic carbocycles. The van der Waals surface area contributed by atoms with Gasteiger partial charge in [0.05, 0.1) is 5.92 Å². The maximum Gasteiger partial charge on any atom is 0.328 e. The van der Waals surface area contributed by atoms with E-state index in [2.05, 4.69) is 11.8 Å². The maximum atomic E-state index is 11.0. The first-order valence-corrected chi connectivity index (χ1v) is 4.86. The molecule has 11 heavy (non-hydrogen) atoms. The molecule has 1 aliphatic rings. The molecule has 0 aromatic heterocycles. The van der Waals surface area contributed by atoms with Crippen LogP contribution in [0.3, 0.4) is 0 Å². The number of hydrogen-bond acceptors (Lipinski definition) is 4. The third-order valence-electron chi connectivity index (χ3n) is 2.03. The Kier molecular flexibility index (Phi) is 3.20. The van der Waals surface area contributed by atoms with E-state index in [4.69, 9.17) is 5.90 Å². The molecule has 3 nitrogen and oxygen atoms in total. The molecule has 0 amide bonds. The SMILES string of the molecule is CCC1SCCC1C(=O)ON. The second kappa shape index (κ2) is 3.97. The molecular formula is C7H13NO2S. The van der Waals surface area contributed by atoms with Gasteiger partial charge in [-0.2, -0.15) is 17.7 Å². The molecule has 0 aromatic rings. The van der Waals surface area contributed by atoms with Crippen LogP contribution >= 0.6 is 11.8 Å². The van der Waals surface area contributed by atoms with Gasteiger partial charge in [0.25, 0.3) is 0 Å². The van der Waals surface area contributed by atoms with Crippen molar-refractivity contribution < 1.29 is 9.63 Å². The highest BCUT2D eigenvalue weighted by Crippen LogP contribution is 2.34. The fraction of sp³-hybridized carbons (Fsp3) is 0.857. The van der Waals surface area contributed by atoms with Crippen molar-refractivity contribution in [2.75, 3.05) is 5.75 Å². The van der Waals surface area contributed by atoms with Crippen molar-refractivity contribution in [2.45, 2.75) is 25.0 Å². The van der Waals surface area contributed by atoms with Crippen LogP contribution in [-0.4, -0.2) is 17.0 Å². The molecule has 0 aliphatic carbocycles. The molecule has 1 rings (SSSR count). The first-order valence-electron chi connectivity index (χ1n) is 3.81. The maximum absolute atomic E-state index is 11.0. The Morgan fingerprint density at radius 3 is 3.09 bits per heavy atom. The van der Waals surface area contributed by atoms with Crippen molar-refractivity contribution in [3.05, 3.63) is 0 Å². The van der Waals surface area contributed by atoms with Crippen molar-refractivity contribution in [1.82, 2.24) is 0 Å². The average Bonchev–Trinajstić information content (AvgIpc) is 2.50. The summed E-state index contributed by atoms with van der Waals surface area (Å²) in [6.45, 7) is 2.08. The van der Waals surface area contributed by atoms with Crippen LogP contribution in [0.1, 0.15) is 19.8 Å². The Bertz CT molecular complexity index is 151. The fourth-order valence-corrected chi connectivity index (χ4v) is 2.82. The number of carbonyl (C=O) groups excluding carboxylic acids is 1. The molecule has 0 bridgehead atoms. The van der Waals surface area contributed by atoms with E-state index in [1.54, 1.807) is 0 Å². The van der Waals surface area contributed by atoms with E-state index >= 15 is 0 Å². The monoisotopic (exact) mass is 175 g/mol. The van der Waals surface area contributed by atoms with Gasteiger partial charge in [0, 0.05) is 5.25 Å². The third-order valence-corrected chi connectivity index (χ3v) is 3.59. The minimum absolute atomic E-state index is 0.0370. The third kappa shape index (κ3) is 1.87. The number of thioether (sulfide) groups is 1. The summed E-state index contributed by atoms with van der Waals surface area (Å²) in [5, 5.41) is 0.422. The van der Waals surface area contributed by atoms with E-state index < -0.39 is 0 Å². The van der Waals surface area contributed by atoms with Gasteiger partial charge in [-0.1, -0.05) is 6.92 Å². The van der Waals surface area contributed by atoms with Gasteiger partial charge in [-0.15, -0.1) is 0 Å². The molecule has 2 N–H and O–H groups in total. The normalized spacial score (nSPS) is 30.4. The van der Waals surface area contributed by atoms with E-state index in [1.807, 2.05) is 11.8 Å². The van der Waals surface area contributed by atoms with Crippen LogP contribution in [0.5, 0.6) is 0 Å². The van der Waals surface area contributed by atoms with Gasteiger partial charge in [-0.05, 0) is 18.6 Å². The summed E-state index contributed by atoms with van der Waals surface area (Å²) in [4.78, 5) is 15.2. The van der Waals surface area contributed by atoms with E-state index in [-0.39, 0.29) is 11.9 Å². The first-order chi connectivity index (χ1) is 5.29. The molecule has 0 spiro atoms. The zero-order valence-electron chi connectivity index (χ0n) is 6.58. The van der Waals surface area contributed by atoms with Gasteiger partial charge in [-0.3, -0.25) is 4.79 Å². The molecule has 1 aliphatic heterocycles. The van der Waals surface area contributed by atoms with Gasteiger partial charge < -0.3 is 4.84 Å². The topological polar surface area (TPSA) is 52.3 Å². The van der Waals surface area contributed by atoms with Crippen molar-refractivity contribution in [3.63, 3.8) is 0 Å². The second-order valence-electron chi connectivity index (χ2n) is 2.65. The zero-order valence-corrected chi connectivity index (χ0v) is 7.39. The van der Waals surface area contributed by atoms with Gasteiger partial charge in [0.15, 0.2) is 0 Å². The van der Waals surface area contributed by atoms with Crippen molar-refractivity contribution >= 4 is 17.7 Å². The molecule has 1 heterocycles. The summed E-state index contributed by atoms with van der Waals surface area (Å²) >= 11 is 1.84. The van der Waals surface area contributed by atoms with Crippen LogP contribution < -0.4 is 5.90 Å². The Morgan fingerprint density at radius 2 is 2.55 bits per heavy atom. The molecule has 4 heteroatoms. The standard InChI is InChI=1S/C7H13NO2S/c1-2-6-5(3-4-11-6)7(9)10-8/h5-6H,2-4,8H2,1H3. The van der Waals surface area contributed by atoms with E-state index in [9.17, 15) is 4.79 Å². The average molecular weight is 175 g/mol. The molecule has 2 atom stereocenters. The van der Waals surface area contributed by atoms with Crippen LogP contribution in [0, 0.1) is 5.92 Å². The molecule has 0 saturated carbocycles. The summed E-state index contributed by atoms with van der Waals surface area (Å²) in [5.41, 5.74) is 0. The van der Waals surface area contributed by atoms with Crippen molar-refractivity contribution in [2.24, 2.45) is 11.8 Å². The molecule has 0 radical (unpaired) electrons. The number of nitrogens with two attached hydrogens (primary N) is 1. The predicted molar refractivity (Wildman–Crippen MR) is 44.9 cm³/mol. The van der Waals surface area contributed by atoms with Gasteiger partial charge >= 0.3 is 5.97 Å². The van der Waals surface area contributed by atoms with Crippen molar-refractivity contribution in [3.8, 4) is 0 Å². The summed E-state index contributed by atoms with van der Waals surface area (Å²) < 4.78 is 0. The summed E-state index contributed by atoms with van der Waals surface area (Å²) in [6.07, 6.45) is 1.93. The first kappa shape index (κ1) is 8.87. The van der Waals surface area contributed by atoms with Crippen LogP contribution in [0.15, 0.2) is 0 Å². The van der Waals surface area contributed by atoms with Crippen molar-refractivity contribution in [1.29, 1.82) is 0 Å². The summed E-state index contributed by atoms with van der Waals surface area (Å²) in [7, 11) is 0. The summed E-state index contributed by atoms with van der Waals surface area (Å²) in [6, 6.07) is 0. The lowest BCUT2D eigenvalue weighted by molar-refractivity contribution is -0.149. The minimum atomic E-state index is -0.248. The molecule has 64 valence electrons. The highest BCUT2D eigenvalue weighted by Gasteiger charge is 2.33. The number of hydrogen-bond donors (Lipinski definition) is 1. The molecule has 2 unspecified atom stereocenters. The quantitative estimate of drug-likeness (QED) is 0.634. The highest BCUT2D eigenvalue weighted by atomic mass is 32.2. The predicted octanol–water partition coefficient (Wildman–Crippen LogP) is 0.935. The fourth-order valence-electron chi connectivity index (χ4n) is 1.41. The largest absolute Gasteiger partial charge is 0.373 e. The summed E-state index contributed by atoms with van der Waals surface area (Å²) in [5.74, 6) is 5.65. The molecular weight excluding hydrogens is 162 g/mol. The Labute approximate surface area is 70.6 Å². The zero-order chi connectivity index (χ0) is 8.27. The lowest BCUT2D eigenvalue weighted by Crippen LogP contribution is -2.25. The van der Waals surface area contributed by atoms with Crippen LogP contribution in [0.2, 0.25) is 0 Å². The molecule has 1 saturated heterocycles. The van der Waals surface area contributed by atoms with E-state index in [0.717, 1.165) is 18.6 Å². The smallest absolute Gasteiger partial charge is 0.328 e. The number of carbonyl (C=O) groups is 1. The Hall–Kier alpha value is -0.220. The second-order valence-corrected chi connectivity index (χ2v) is 4.00. The Morgan fingerprint density at radius 1 is 1.82 bits per heavy atom. The van der Waals surface area contributed by atoms with Gasteiger partial charge in [0.2, 0.25) is 0 Å². The Balaban J connectivity index is 2.49. The minimum Gasteiger partial charge on any atom is -0.373 e. The lowest BCUT2D eigenvalue weighted by atomic mass is 10.0. The van der Waals surface area contributed by atoms with Crippen LogP contribution in [0.4, 0.5) is 0 Å². The van der Waals surface area contributed by atoms with E-state index in [0.29, 0.717) is 5.25 Å². The van der Waals surface area contributed by atoms with Gasteiger partial charge in [0.1, 0.15) is 0 Å². The number of rotatable bonds is 2. The molecule has 1 fully saturated rings. The highest BCUT2D eigenvalue weighted by molar-refractivity contribution is 8.00.